The number of hydrogen-bond acceptors (Lipinski definition) is 7. The van der Waals surface area contributed by atoms with Crippen LogP contribution in [0.5, 0.6) is 11.5 Å². The lowest BCUT2D eigenvalue weighted by atomic mass is 10.2. The molecule has 0 spiro atoms. The van der Waals surface area contributed by atoms with E-state index in [9.17, 15) is 19.3 Å². The van der Waals surface area contributed by atoms with Gasteiger partial charge in [0.15, 0.2) is 5.16 Å². The topological polar surface area (TPSA) is 109 Å². The summed E-state index contributed by atoms with van der Waals surface area (Å²) in [4.78, 5) is 27.8. The number of ether oxygens (including phenoxy) is 2. The van der Waals surface area contributed by atoms with Crippen molar-refractivity contribution in [2.75, 3.05) is 25.3 Å². The van der Waals surface area contributed by atoms with Crippen LogP contribution >= 0.6 is 11.8 Å². The number of hydrogen-bond donors (Lipinski definition) is 1. The van der Waals surface area contributed by atoms with Gasteiger partial charge in [-0.25, -0.2) is 9.37 Å². The Morgan fingerprint density at radius 1 is 1.12 bits per heavy atom. The Hall–Kier alpha value is -4.12. The van der Waals surface area contributed by atoms with E-state index < -0.39 is 10.7 Å². The van der Waals surface area contributed by atoms with E-state index in [1.54, 1.807) is 41.0 Å². The van der Waals surface area contributed by atoms with E-state index in [1.807, 2.05) is 0 Å². The molecule has 1 heterocycles. The van der Waals surface area contributed by atoms with Crippen LogP contribution in [0.15, 0.2) is 65.8 Å². The molecule has 4 rings (SSSR count). The number of methoxy groups -OCH3 is 2. The van der Waals surface area contributed by atoms with Gasteiger partial charge in [-0.3, -0.25) is 19.5 Å². The van der Waals surface area contributed by atoms with Gasteiger partial charge in [-0.1, -0.05) is 11.8 Å². The van der Waals surface area contributed by atoms with Crippen LogP contribution in [-0.4, -0.2) is 40.4 Å². The summed E-state index contributed by atoms with van der Waals surface area (Å²) in [5.74, 6) is 0.333. The van der Waals surface area contributed by atoms with Gasteiger partial charge in [-0.05, 0) is 42.5 Å². The van der Waals surface area contributed by atoms with Crippen LogP contribution in [0.25, 0.3) is 16.7 Å². The van der Waals surface area contributed by atoms with Crippen LogP contribution in [0.1, 0.15) is 0 Å². The van der Waals surface area contributed by atoms with Crippen molar-refractivity contribution < 1.29 is 23.6 Å². The third-order valence-electron chi connectivity index (χ3n) is 4.92. The first-order valence-corrected chi connectivity index (χ1v) is 11.0. The Morgan fingerprint density at radius 2 is 1.88 bits per heavy atom. The Balaban J connectivity index is 1.62. The molecule has 0 saturated carbocycles. The first-order chi connectivity index (χ1) is 16.4. The summed E-state index contributed by atoms with van der Waals surface area (Å²) in [7, 11) is 3.02. The van der Waals surface area contributed by atoms with E-state index >= 15 is 0 Å². The highest BCUT2D eigenvalue weighted by atomic mass is 32.2. The van der Waals surface area contributed by atoms with Crippen LogP contribution < -0.4 is 14.8 Å². The number of nitro benzene ring substituents is 1. The number of nitrogens with zero attached hydrogens (tertiary/aromatic N) is 3. The number of nitro groups is 1. The molecule has 3 aromatic carbocycles. The van der Waals surface area contributed by atoms with Gasteiger partial charge >= 0.3 is 0 Å². The maximum Gasteiger partial charge on any atom is 0.271 e. The van der Waals surface area contributed by atoms with Gasteiger partial charge in [0.2, 0.25) is 5.91 Å². The maximum absolute atomic E-state index is 13.5. The number of halogens is 1. The number of non-ortho nitro benzene ring substituents is 1. The highest BCUT2D eigenvalue weighted by molar-refractivity contribution is 7.99. The van der Waals surface area contributed by atoms with Crippen molar-refractivity contribution in [3.05, 3.63) is 76.6 Å². The monoisotopic (exact) mass is 482 g/mol. The fourth-order valence-electron chi connectivity index (χ4n) is 3.31. The zero-order valence-corrected chi connectivity index (χ0v) is 19.0. The largest absolute Gasteiger partial charge is 0.497 e. The lowest BCUT2D eigenvalue weighted by molar-refractivity contribution is -0.384. The fraction of sp³-hybridized carbons (Fsp3) is 0.130. The molecule has 1 aromatic heterocycles. The number of aromatic nitrogens is 2. The first-order valence-electron chi connectivity index (χ1n) is 9.97. The van der Waals surface area contributed by atoms with E-state index in [1.165, 1.54) is 38.5 Å². The van der Waals surface area contributed by atoms with Crippen molar-refractivity contribution in [2.45, 2.75) is 5.16 Å². The minimum absolute atomic E-state index is 0.00178. The molecule has 11 heteroatoms. The predicted octanol–water partition coefficient (Wildman–Crippen LogP) is 4.82. The third-order valence-corrected chi connectivity index (χ3v) is 5.86. The Labute approximate surface area is 197 Å². The van der Waals surface area contributed by atoms with Gasteiger partial charge in [-0.2, -0.15) is 0 Å². The van der Waals surface area contributed by atoms with Gasteiger partial charge in [0, 0.05) is 23.9 Å². The summed E-state index contributed by atoms with van der Waals surface area (Å²) in [5, 5.41) is 14.4. The lowest BCUT2D eigenvalue weighted by Gasteiger charge is -2.12. The normalized spacial score (nSPS) is 10.8. The van der Waals surface area contributed by atoms with Gasteiger partial charge in [0.05, 0.1) is 41.6 Å². The van der Waals surface area contributed by atoms with E-state index in [4.69, 9.17) is 9.47 Å². The molecule has 0 unspecified atom stereocenters. The highest BCUT2D eigenvalue weighted by Gasteiger charge is 2.18. The van der Waals surface area contributed by atoms with Gasteiger partial charge in [-0.15, -0.1) is 0 Å². The van der Waals surface area contributed by atoms with Crippen molar-refractivity contribution in [1.29, 1.82) is 0 Å². The van der Waals surface area contributed by atoms with Gasteiger partial charge in [0.25, 0.3) is 5.69 Å². The van der Waals surface area contributed by atoms with Gasteiger partial charge in [0.1, 0.15) is 17.3 Å². The van der Waals surface area contributed by atoms with Crippen molar-refractivity contribution in [2.24, 2.45) is 0 Å². The standard InChI is InChI=1S/C23H19FN4O5S/c1-32-17-8-9-18(21(12-17)33-2)25-22(29)13-34-23-26-19-11-16(28(30)31)7-10-20(19)27(23)15-5-3-14(24)4-6-15/h3-12H,13H2,1-2H3,(H,25,29). The SMILES string of the molecule is COc1ccc(NC(=O)CSc2nc3cc([N+](=O)[O-])ccc3n2-c2ccc(F)cc2)c(OC)c1. The Bertz CT molecular complexity index is 1370. The second-order valence-electron chi connectivity index (χ2n) is 7.04. The second kappa shape index (κ2) is 9.79. The number of rotatable bonds is 8. The van der Waals surface area contributed by atoms with E-state index in [0.717, 1.165) is 11.8 Å². The highest BCUT2D eigenvalue weighted by Crippen LogP contribution is 2.32. The average Bonchev–Trinajstić information content (AvgIpc) is 3.21. The van der Waals surface area contributed by atoms with Crippen molar-refractivity contribution >= 4 is 40.1 Å². The third kappa shape index (κ3) is 4.79. The second-order valence-corrected chi connectivity index (χ2v) is 7.98. The number of nitrogens with one attached hydrogen (secondary N) is 1. The minimum atomic E-state index is -0.501. The number of benzene rings is 3. The number of amides is 1. The Kier molecular flexibility index (Phi) is 6.64. The molecule has 0 bridgehead atoms. The maximum atomic E-state index is 13.5. The lowest BCUT2D eigenvalue weighted by Crippen LogP contribution is -2.15. The van der Waals surface area contributed by atoms with E-state index in [2.05, 4.69) is 10.3 Å². The Morgan fingerprint density at radius 3 is 2.56 bits per heavy atom. The number of fused-ring (bicyclic) bond motifs is 1. The molecule has 0 atom stereocenters. The predicted molar refractivity (Wildman–Crippen MR) is 127 cm³/mol. The minimum Gasteiger partial charge on any atom is -0.497 e. The van der Waals surface area contributed by atoms with Crippen LogP contribution in [0.4, 0.5) is 15.8 Å². The van der Waals surface area contributed by atoms with Crippen LogP contribution in [-0.2, 0) is 4.79 Å². The number of imidazole rings is 1. The zero-order chi connectivity index (χ0) is 24.2. The summed E-state index contributed by atoms with van der Waals surface area (Å²) >= 11 is 1.15. The molecule has 0 radical (unpaired) electrons. The summed E-state index contributed by atoms with van der Waals surface area (Å²) in [5.41, 5.74) is 1.97. The van der Waals surface area contributed by atoms with Crippen molar-refractivity contribution in [3.8, 4) is 17.2 Å². The smallest absolute Gasteiger partial charge is 0.271 e. The molecule has 0 aliphatic heterocycles. The number of thioether (sulfide) groups is 1. The summed E-state index contributed by atoms with van der Waals surface area (Å²) in [6.07, 6.45) is 0. The number of carbonyl (C=O) groups is 1. The molecule has 34 heavy (non-hydrogen) atoms. The fourth-order valence-corrected chi connectivity index (χ4v) is 4.14. The molecular formula is C23H19FN4O5S. The van der Waals surface area contributed by atoms with Crippen LogP contribution in [0.3, 0.4) is 0 Å². The summed E-state index contributed by atoms with van der Waals surface area (Å²) in [6.45, 7) is 0. The number of anilines is 1. The van der Waals surface area contributed by atoms with Crippen molar-refractivity contribution in [1.82, 2.24) is 9.55 Å². The molecule has 0 fully saturated rings. The van der Waals surface area contributed by atoms with Crippen molar-refractivity contribution in [3.63, 3.8) is 0 Å². The van der Waals surface area contributed by atoms with E-state index in [0.29, 0.717) is 39.1 Å². The number of carbonyl (C=O) groups excluding carboxylic acids is 1. The zero-order valence-electron chi connectivity index (χ0n) is 18.1. The van der Waals surface area contributed by atoms with Gasteiger partial charge < -0.3 is 14.8 Å². The molecule has 0 aliphatic rings. The van der Waals surface area contributed by atoms with Crippen LogP contribution in [0.2, 0.25) is 0 Å². The average molecular weight is 482 g/mol. The summed E-state index contributed by atoms with van der Waals surface area (Å²) in [6, 6.07) is 15.1. The molecule has 0 saturated heterocycles. The molecule has 1 amide bonds. The molecular weight excluding hydrogens is 463 g/mol. The molecule has 9 nitrogen and oxygen atoms in total. The van der Waals surface area contributed by atoms with Crippen LogP contribution in [0, 0.1) is 15.9 Å². The molecule has 4 aromatic rings. The molecule has 174 valence electrons. The summed E-state index contributed by atoms with van der Waals surface area (Å²) < 4.78 is 25.7. The molecule has 0 aliphatic carbocycles. The quantitative estimate of drug-likeness (QED) is 0.218. The van der Waals surface area contributed by atoms with E-state index in [-0.39, 0.29) is 17.3 Å². The molecule has 1 N–H and O–H groups in total. The first kappa shape index (κ1) is 23.1.